The van der Waals surface area contributed by atoms with Crippen LogP contribution in [0.1, 0.15) is 32.1 Å². The molecule has 106 valence electrons. The zero-order valence-corrected chi connectivity index (χ0v) is 11.8. The van der Waals surface area contributed by atoms with Gasteiger partial charge in [-0.25, -0.2) is 0 Å². The zero-order chi connectivity index (χ0) is 14.4. The summed E-state index contributed by atoms with van der Waals surface area (Å²) < 4.78 is 5.55. The van der Waals surface area contributed by atoms with E-state index in [1.165, 1.54) is 0 Å². The van der Waals surface area contributed by atoms with Crippen LogP contribution in [-0.4, -0.2) is 30.0 Å². The molecule has 0 atom stereocenters. The average Bonchev–Trinajstić information content (AvgIpc) is 2.44. The molecule has 1 aromatic rings. The third-order valence-electron chi connectivity index (χ3n) is 3.95. The van der Waals surface area contributed by atoms with Crippen LogP contribution in [0.4, 0.5) is 0 Å². The molecule has 2 rings (SSSR count). The molecule has 1 amide bonds. The van der Waals surface area contributed by atoms with E-state index in [4.69, 9.17) is 4.74 Å². The lowest BCUT2D eigenvalue weighted by atomic mass is 9.76. The second-order valence-electron chi connectivity index (χ2n) is 5.21. The minimum Gasteiger partial charge on any atom is -0.494 e. The van der Waals surface area contributed by atoms with Crippen LogP contribution in [-0.2, 0) is 4.79 Å². The fourth-order valence-electron chi connectivity index (χ4n) is 2.37. The first-order chi connectivity index (χ1) is 9.68. The molecular formula is C16H20N2O2. The van der Waals surface area contributed by atoms with Crippen LogP contribution in [0.15, 0.2) is 30.3 Å². The second kappa shape index (κ2) is 6.42. The van der Waals surface area contributed by atoms with Gasteiger partial charge in [0.15, 0.2) is 0 Å². The van der Waals surface area contributed by atoms with Crippen molar-refractivity contribution in [3.8, 4) is 11.8 Å². The maximum absolute atomic E-state index is 12.1. The van der Waals surface area contributed by atoms with Crippen molar-refractivity contribution in [2.45, 2.75) is 37.6 Å². The summed E-state index contributed by atoms with van der Waals surface area (Å²) in [5.41, 5.74) is -0.544. The molecule has 1 aromatic carbocycles. The van der Waals surface area contributed by atoms with Gasteiger partial charge in [0, 0.05) is 13.5 Å². The van der Waals surface area contributed by atoms with Crippen molar-refractivity contribution in [2.75, 3.05) is 13.7 Å². The summed E-state index contributed by atoms with van der Waals surface area (Å²) in [6.07, 6.45) is 3.72. The van der Waals surface area contributed by atoms with Gasteiger partial charge in [0.1, 0.15) is 11.3 Å². The van der Waals surface area contributed by atoms with Crippen molar-refractivity contribution in [1.29, 1.82) is 5.26 Å². The molecule has 0 unspecified atom stereocenters. The predicted octanol–water partition coefficient (Wildman–Crippen LogP) is 2.75. The summed E-state index contributed by atoms with van der Waals surface area (Å²) in [6.45, 7) is 0.517. The molecule has 1 aliphatic rings. The molecule has 0 heterocycles. The quantitative estimate of drug-likeness (QED) is 0.748. The van der Waals surface area contributed by atoms with Crippen LogP contribution in [0.3, 0.4) is 0 Å². The number of rotatable bonds is 6. The molecule has 0 spiro atoms. The molecule has 1 aliphatic carbocycles. The van der Waals surface area contributed by atoms with Gasteiger partial charge >= 0.3 is 0 Å². The highest BCUT2D eigenvalue weighted by atomic mass is 16.5. The number of amides is 1. The lowest BCUT2D eigenvalue weighted by molar-refractivity contribution is -0.136. The number of hydrogen-bond donors (Lipinski definition) is 0. The first-order valence-corrected chi connectivity index (χ1v) is 7.04. The van der Waals surface area contributed by atoms with Gasteiger partial charge in [0.2, 0.25) is 5.91 Å². The number of benzene rings is 1. The van der Waals surface area contributed by atoms with E-state index in [9.17, 15) is 10.1 Å². The maximum Gasteiger partial charge on any atom is 0.223 e. The number of ether oxygens (including phenoxy) is 1. The van der Waals surface area contributed by atoms with Gasteiger partial charge in [0.05, 0.1) is 12.7 Å². The fourth-order valence-corrected chi connectivity index (χ4v) is 2.37. The fraction of sp³-hybridized carbons (Fsp3) is 0.500. The molecule has 4 nitrogen and oxygen atoms in total. The Hall–Kier alpha value is -2.02. The topological polar surface area (TPSA) is 53.3 Å². The van der Waals surface area contributed by atoms with Crippen molar-refractivity contribution >= 4 is 5.91 Å². The Bertz CT molecular complexity index is 489. The lowest BCUT2D eigenvalue weighted by Gasteiger charge is -2.43. The minimum atomic E-state index is -0.544. The van der Waals surface area contributed by atoms with Gasteiger partial charge in [-0.3, -0.25) is 4.79 Å². The Morgan fingerprint density at radius 1 is 1.40 bits per heavy atom. The van der Waals surface area contributed by atoms with Crippen molar-refractivity contribution in [3.05, 3.63) is 30.3 Å². The van der Waals surface area contributed by atoms with Gasteiger partial charge in [-0.15, -0.1) is 0 Å². The molecule has 0 radical (unpaired) electrons. The Balaban J connectivity index is 1.72. The van der Waals surface area contributed by atoms with E-state index < -0.39 is 5.54 Å². The van der Waals surface area contributed by atoms with Crippen molar-refractivity contribution in [1.82, 2.24) is 4.90 Å². The van der Waals surface area contributed by atoms with E-state index in [1.807, 2.05) is 30.3 Å². The third-order valence-corrected chi connectivity index (χ3v) is 3.95. The van der Waals surface area contributed by atoms with Crippen molar-refractivity contribution < 1.29 is 9.53 Å². The third kappa shape index (κ3) is 3.11. The maximum atomic E-state index is 12.1. The summed E-state index contributed by atoms with van der Waals surface area (Å²) in [5, 5.41) is 9.21. The number of carbonyl (C=O) groups is 1. The number of hydrogen-bond acceptors (Lipinski definition) is 3. The molecule has 0 aromatic heterocycles. The largest absolute Gasteiger partial charge is 0.494 e. The molecule has 1 saturated carbocycles. The molecule has 0 bridgehead atoms. The highest BCUT2D eigenvalue weighted by Gasteiger charge is 2.43. The van der Waals surface area contributed by atoms with Crippen LogP contribution in [0.25, 0.3) is 0 Å². The van der Waals surface area contributed by atoms with Gasteiger partial charge in [-0.2, -0.15) is 5.26 Å². The highest BCUT2D eigenvalue weighted by molar-refractivity contribution is 5.77. The smallest absolute Gasteiger partial charge is 0.223 e. The van der Waals surface area contributed by atoms with Gasteiger partial charge in [-0.1, -0.05) is 18.2 Å². The molecular weight excluding hydrogens is 252 g/mol. The summed E-state index contributed by atoms with van der Waals surface area (Å²) in [5.74, 6) is 0.851. The van der Waals surface area contributed by atoms with Gasteiger partial charge < -0.3 is 9.64 Å². The predicted molar refractivity (Wildman–Crippen MR) is 76.1 cm³/mol. The van der Waals surface area contributed by atoms with Crippen molar-refractivity contribution in [2.24, 2.45) is 0 Å². The molecule has 1 fully saturated rings. The minimum absolute atomic E-state index is 0.0305. The van der Waals surface area contributed by atoms with Crippen molar-refractivity contribution in [3.63, 3.8) is 0 Å². The van der Waals surface area contributed by atoms with E-state index >= 15 is 0 Å². The summed E-state index contributed by atoms with van der Waals surface area (Å²) in [4.78, 5) is 13.7. The van der Waals surface area contributed by atoms with E-state index in [0.29, 0.717) is 19.4 Å². The molecule has 0 saturated heterocycles. The number of para-hydroxylation sites is 1. The van der Waals surface area contributed by atoms with E-state index in [1.54, 1.807) is 11.9 Å². The summed E-state index contributed by atoms with van der Waals surface area (Å²) in [7, 11) is 1.74. The normalized spacial score (nSPS) is 15.8. The molecule has 4 heteroatoms. The summed E-state index contributed by atoms with van der Waals surface area (Å²) in [6, 6.07) is 11.8. The molecule has 0 N–H and O–H groups in total. The van der Waals surface area contributed by atoms with Crippen LogP contribution >= 0.6 is 0 Å². The van der Waals surface area contributed by atoms with Crippen LogP contribution in [0, 0.1) is 11.3 Å². The highest BCUT2D eigenvalue weighted by Crippen LogP contribution is 2.36. The number of nitriles is 1. The Labute approximate surface area is 120 Å². The molecule has 20 heavy (non-hydrogen) atoms. The number of carbonyl (C=O) groups excluding carboxylic acids is 1. The van der Waals surface area contributed by atoms with E-state index in [2.05, 4.69) is 6.07 Å². The van der Waals surface area contributed by atoms with Crippen LogP contribution in [0.5, 0.6) is 5.75 Å². The Morgan fingerprint density at radius 2 is 2.10 bits per heavy atom. The second-order valence-corrected chi connectivity index (χ2v) is 5.21. The first-order valence-electron chi connectivity index (χ1n) is 7.04. The lowest BCUT2D eigenvalue weighted by Crippen LogP contribution is -2.53. The monoisotopic (exact) mass is 272 g/mol. The Morgan fingerprint density at radius 3 is 2.65 bits per heavy atom. The van der Waals surface area contributed by atoms with E-state index in [-0.39, 0.29) is 5.91 Å². The average molecular weight is 272 g/mol. The standard InChI is InChI=1S/C16H20N2O2/c1-18(16(13-17)10-6-11-16)15(19)9-5-12-20-14-7-3-2-4-8-14/h2-4,7-8H,5-6,9-12H2,1H3. The first kappa shape index (κ1) is 14.4. The Kier molecular flexibility index (Phi) is 4.62. The van der Waals surface area contributed by atoms with Gasteiger partial charge in [-0.05, 0) is 37.8 Å². The van der Waals surface area contributed by atoms with Gasteiger partial charge in [0.25, 0.3) is 0 Å². The SMILES string of the molecule is CN(C(=O)CCCOc1ccccc1)C1(C#N)CCC1. The zero-order valence-electron chi connectivity index (χ0n) is 11.8. The van der Waals surface area contributed by atoms with Crippen LogP contribution in [0.2, 0.25) is 0 Å². The summed E-state index contributed by atoms with van der Waals surface area (Å²) >= 11 is 0. The number of nitrogens with zero attached hydrogens (tertiary/aromatic N) is 2. The molecule has 0 aliphatic heterocycles. The van der Waals surface area contributed by atoms with E-state index in [0.717, 1.165) is 25.0 Å². The van der Waals surface area contributed by atoms with Crippen LogP contribution < -0.4 is 4.74 Å².